The van der Waals surface area contributed by atoms with Crippen molar-refractivity contribution in [2.75, 3.05) is 72.4 Å². The fraction of sp³-hybridized carbons (Fsp3) is 0.371. The fourth-order valence-corrected chi connectivity index (χ4v) is 12.1. The third-order valence-electron chi connectivity index (χ3n) is 15.9. The highest BCUT2D eigenvalue weighted by Crippen LogP contribution is 2.66. The summed E-state index contributed by atoms with van der Waals surface area (Å²) in [6.07, 6.45) is -1.33. The van der Waals surface area contributed by atoms with Gasteiger partial charge in [0.2, 0.25) is 18.6 Å². The Morgan fingerprint density at radius 3 is 2.05 bits per heavy atom. The van der Waals surface area contributed by atoms with Gasteiger partial charge in [-0.3, -0.25) is 33.8 Å². The molecule has 0 bridgehead atoms. The molecule has 20 heteroatoms. The number of piperazine rings is 1. The first kappa shape index (κ1) is 56.5. The largest absolute Gasteiger partial charge is 0.491 e. The number of hydrogen-bond acceptors (Lipinski definition) is 17. The number of imide groups is 1. The molecule has 0 aliphatic carbocycles. The van der Waals surface area contributed by atoms with Crippen molar-refractivity contribution in [3.05, 3.63) is 155 Å². The number of urea groups is 1. The highest BCUT2D eigenvalue weighted by molar-refractivity contribution is 6.25. The third kappa shape index (κ3) is 10.5. The molecule has 4 amide bonds. The second-order valence-electron chi connectivity index (χ2n) is 20.9. The van der Waals surface area contributed by atoms with E-state index in [9.17, 15) is 19.5 Å². The Hall–Kier alpha value is -8.77. The molecule has 0 radical (unpaired) electrons. The van der Waals surface area contributed by atoms with Crippen LogP contribution in [-0.4, -0.2) is 141 Å². The first-order valence-electron chi connectivity index (χ1n) is 27.1. The van der Waals surface area contributed by atoms with E-state index in [1.807, 2.05) is 83.8 Å². The molecular weight excluding hydrogens is 1050 g/mol. The molecule has 5 heterocycles. The van der Waals surface area contributed by atoms with Gasteiger partial charge in [-0.2, -0.15) is 0 Å². The number of carbonyl (C=O) groups excluding carboxylic acids is 7. The van der Waals surface area contributed by atoms with Gasteiger partial charge in [0.15, 0.2) is 17.4 Å². The van der Waals surface area contributed by atoms with E-state index in [0.29, 0.717) is 53.6 Å². The van der Waals surface area contributed by atoms with Crippen molar-refractivity contribution in [3.63, 3.8) is 0 Å². The van der Waals surface area contributed by atoms with Crippen molar-refractivity contribution in [1.29, 1.82) is 0 Å². The maximum atomic E-state index is 17.0. The number of esters is 4. The molecule has 20 nitrogen and oxygen atoms in total. The average Bonchev–Trinajstić information content (AvgIpc) is 1.71. The Bertz CT molecular complexity index is 3290. The van der Waals surface area contributed by atoms with Crippen LogP contribution in [-0.2, 0) is 59.7 Å². The quantitative estimate of drug-likeness (QED) is 0.0578. The molecule has 5 aliphatic heterocycles. The molecular formula is C62H63N5O15. The van der Waals surface area contributed by atoms with Crippen molar-refractivity contribution in [2.45, 2.75) is 62.5 Å². The maximum absolute atomic E-state index is 17.0. The fourth-order valence-electron chi connectivity index (χ4n) is 12.1. The summed E-state index contributed by atoms with van der Waals surface area (Å²) in [5.41, 5.74) is 0.953. The van der Waals surface area contributed by atoms with Crippen LogP contribution >= 0.6 is 0 Å². The van der Waals surface area contributed by atoms with Gasteiger partial charge < -0.3 is 48.5 Å². The Kier molecular flexibility index (Phi) is 16.6. The predicted octanol–water partition coefficient (Wildman–Crippen LogP) is 5.41. The van der Waals surface area contributed by atoms with E-state index in [0.717, 1.165) is 24.7 Å². The van der Waals surface area contributed by atoms with Crippen LogP contribution in [0.2, 0.25) is 0 Å². The van der Waals surface area contributed by atoms with E-state index in [-0.39, 0.29) is 56.3 Å². The Morgan fingerprint density at radius 1 is 0.744 bits per heavy atom. The minimum absolute atomic E-state index is 0.0230. The van der Waals surface area contributed by atoms with E-state index >= 15 is 19.2 Å². The zero-order chi connectivity index (χ0) is 57.8. The average molecular weight is 1120 g/mol. The number of nitrogens with zero attached hydrogens (tertiary/aromatic N) is 4. The molecule has 0 saturated carbocycles. The highest BCUT2D eigenvalue weighted by atomic mass is 16.7. The summed E-state index contributed by atoms with van der Waals surface area (Å²) in [4.78, 5) is 110. The number of aliphatic hydroxyl groups is 1. The second kappa shape index (κ2) is 24.1. The number of fused-ring (bicyclic) bond motifs is 4. The monoisotopic (exact) mass is 1120 g/mol. The number of carbonyl (C=O) groups is 7. The Balaban J connectivity index is 1.20. The molecule has 5 aromatic rings. The number of ether oxygens (including phenoxy) is 7. The zero-order valence-electron chi connectivity index (χ0n) is 46.0. The highest BCUT2D eigenvalue weighted by Gasteiger charge is 2.76. The number of hydrogen-bond donors (Lipinski definition) is 2. The third-order valence-corrected chi connectivity index (χ3v) is 15.9. The standard InChI is InChI=1S/C62H63N5O15/c1-37(2)50(58(72)78-5)63-61(75)66-46-25-19-38(13-12-18-44(56(70)76-3)57(71)77-4)33-45(46)62(60(66)74)49(55(69)65-29-27-64(28-30-65)35-39-20-26-47-48(34-39)81-36-80-47)52-59(73)82-53(41-16-10-7-11-17-41)51(40-14-8-6-9-15-40)67(52)54(62)42-21-23-43(24-22-42)79-32-31-68/h6-11,14-17,19-26,33-34,37,44,49-54,68H,18,27-32,35-36H2,1-5H3,(H,63,75)/t49-,50+,51-,52-,53+,54+,62-/m1/s1. The molecule has 3 fully saturated rings. The first-order valence-corrected chi connectivity index (χ1v) is 27.1. The van der Waals surface area contributed by atoms with Crippen LogP contribution in [0.3, 0.4) is 0 Å². The maximum Gasteiger partial charge on any atom is 0.329 e. The molecule has 7 atom stereocenters. The summed E-state index contributed by atoms with van der Waals surface area (Å²) in [7, 11) is 3.47. The lowest BCUT2D eigenvalue weighted by Crippen LogP contribution is -2.59. The summed E-state index contributed by atoms with van der Waals surface area (Å²) < 4.78 is 38.6. The second-order valence-corrected chi connectivity index (χ2v) is 20.9. The Morgan fingerprint density at radius 2 is 1.40 bits per heavy atom. The van der Waals surface area contributed by atoms with Crippen LogP contribution in [0.5, 0.6) is 17.2 Å². The molecule has 426 valence electrons. The van der Waals surface area contributed by atoms with Gasteiger partial charge in [0, 0.05) is 44.7 Å². The number of morpholine rings is 1. The van der Waals surface area contributed by atoms with E-state index in [1.54, 1.807) is 55.1 Å². The first-order chi connectivity index (χ1) is 39.7. The van der Waals surface area contributed by atoms with E-state index in [4.69, 9.17) is 33.2 Å². The van der Waals surface area contributed by atoms with Gasteiger partial charge >= 0.3 is 29.9 Å². The van der Waals surface area contributed by atoms with Crippen LogP contribution < -0.4 is 24.4 Å². The summed E-state index contributed by atoms with van der Waals surface area (Å²) in [5, 5.41) is 12.5. The zero-order valence-corrected chi connectivity index (χ0v) is 46.0. The van der Waals surface area contributed by atoms with E-state index in [1.165, 1.54) is 13.2 Å². The van der Waals surface area contributed by atoms with Crippen LogP contribution in [0.15, 0.2) is 121 Å². The number of methoxy groups -OCH3 is 3. The molecule has 5 aliphatic rings. The minimum atomic E-state index is -2.21. The molecule has 0 aromatic heterocycles. The molecule has 10 rings (SSSR count). The van der Waals surface area contributed by atoms with Crippen molar-refractivity contribution in [1.82, 2.24) is 20.0 Å². The van der Waals surface area contributed by atoms with Gasteiger partial charge in [-0.25, -0.2) is 14.5 Å². The summed E-state index contributed by atoms with van der Waals surface area (Å²) in [6.45, 7) is 4.95. The van der Waals surface area contributed by atoms with E-state index in [2.05, 4.69) is 22.1 Å². The van der Waals surface area contributed by atoms with Crippen LogP contribution in [0, 0.1) is 29.6 Å². The predicted molar refractivity (Wildman–Crippen MR) is 294 cm³/mol. The Labute approximate surface area is 474 Å². The van der Waals surface area contributed by atoms with Gasteiger partial charge in [-0.1, -0.05) is 105 Å². The number of amides is 4. The van der Waals surface area contributed by atoms with E-state index < -0.39 is 95.2 Å². The number of cyclic esters (lactones) is 1. The number of rotatable bonds is 15. The SMILES string of the molecule is COC(=O)C(CC#Cc1ccc2c(c1)[C@]1(C(=O)N2C(=O)N[C@H](C(=O)OC)C(C)C)[C@H](c2ccc(OCCO)cc2)N2[C@H](c3ccccc3)[C@H](c3ccccc3)OC(=O)[C@H]2[C@@H]1C(=O)N1CCN(Cc2ccc3c(c2)OCO3)CC1)C(=O)OC. The lowest BCUT2D eigenvalue weighted by Gasteiger charge is -2.46. The van der Waals surface area contributed by atoms with Crippen LogP contribution in [0.1, 0.15) is 71.8 Å². The smallest absolute Gasteiger partial charge is 0.329 e. The van der Waals surface area contributed by atoms with Crippen molar-refractivity contribution < 1.29 is 71.8 Å². The van der Waals surface area contributed by atoms with Gasteiger partial charge in [-0.15, -0.1) is 0 Å². The number of aliphatic hydroxyl groups excluding tert-OH is 1. The molecule has 82 heavy (non-hydrogen) atoms. The molecule has 2 N–H and O–H groups in total. The molecule has 1 spiro atoms. The van der Waals surface area contributed by atoms with Crippen molar-refractivity contribution in [2.24, 2.45) is 17.8 Å². The number of anilines is 1. The van der Waals surface area contributed by atoms with Gasteiger partial charge in [-0.05, 0) is 76.2 Å². The summed E-state index contributed by atoms with van der Waals surface area (Å²) in [5.74, 6) is -0.651. The number of benzene rings is 5. The molecule has 0 unspecified atom stereocenters. The molecule has 5 aromatic carbocycles. The minimum Gasteiger partial charge on any atom is -0.491 e. The summed E-state index contributed by atoms with van der Waals surface area (Å²) in [6, 6.07) is 29.9. The van der Waals surface area contributed by atoms with Crippen LogP contribution in [0.4, 0.5) is 10.5 Å². The topological polar surface area (TPSA) is 229 Å². The van der Waals surface area contributed by atoms with Gasteiger partial charge in [0.1, 0.15) is 36.0 Å². The van der Waals surface area contributed by atoms with Crippen molar-refractivity contribution >= 4 is 47.4 Å². The number of nitrogens with one attached hydrogen (secondary N) is 1. The normalized spacial score (nSPS) is 22.2. The van der Waals surface area contributed by atoms with Crippen LogP contribution in [0.25, 0.3) is 0 Å². The lowest BCUT2D eigenvalue weighted by atomic mass is 9.64. The summed E-state index contributed by atoms with van der Waals surface area (Å²) >= 11 is 0. The molecule has 3 saturated heterocycles. The van der Waals surface area contributed by atoms with Gasteiger partial charge in [0.25, 0.3) is 0 Å². The lowest BCUT2D eigenvalue weighted by molar-refractivity contribution is -0.179. The van der Waals surface area contributed by atoms with Gasteiger partial charge in [0.05, 0.1) is 51.6 Å². The van der Waals surface area contributed by atoms with Crippen molar-refractivity contribution in [3.8, 4) is 29.1 Å².